The minimum atomic E-state index is -0.316. The normalized spacial score (nSPS) is 14.1. The van der Waals surface area contributed by atoms with Crippen LogP contribution in [0.15, 0.2) is 30.5 Å². The van der Waals surface area contributed by atoms with Crippen LogP contribution in [0.3, 0.4) is 0 Å². The number of aryl methyl sites for hydroxylation is 2. The van der Waals surface area contributed by atoms with Gasteiger partial charge in [-0.25, -0.2) is 9.78 Å². The first-order valence-corrected chi connectivity index (χ1v) is 11.1. The molecule has 1 aromatic carbocycles. The summed E-state index contributed by atoms with van der Waals surface area (Å²) in [4.78, 5) is 18.6. The highest BCUT2D eigenvalue weighted by atomic mass is 16.5. The molecular formula is C26H38N2O2. The van der Waals surface area contributed by atoms with Gasteiger partial charge < -0.3 is 9.64 Å². The zero-order valence-electron chi connectivity index (χ0n) is 20.0. The maximum Gasteiger partial charge on any atom is 0.337 e. The Labute approximate surface area is 182 Å². The fraction of sp³-hybridized carbons (Fsp3) is 0.538. The van der Waals surface area contributed by atoms with E-state index in [4.69, 9.17) is 9.72 Å². The first-order chi connectivity index (χ1) is 14.2. The number of hydrogen-bond donors (Lipinski definition) is 0. The van der Waals surface area contributed by atoms with Crippen molar-refractivity contribution in [2.75, 3.05) is 19.1 Å². The number of esters is 1. The molecule has 0 N–H and O–H groups in total. The monoisotopic (exact) mass is 410 g/mol. The Morgan fingerprint density at radius 1 is 1.10 bits per heavy atom. The second kappa shape index (κ2) is 10.6. The van der Waals surface area contributed by atoms with E-state index < -0.39 is 0 Å². The number of rotatable bonds is 9. The number of pyridine rings is 1. The van der Waals surface area contributed by atoms with Gasteiger partial charge >= 0.3 is 5.97 Å². The quantitative estimate of drug-likeness (QED) is 0.425. The van der Waals surface area contributed by atoms with E-state index in [1.54, 1.807) is 6.07 Å². The summed E-state index contributed by atoms with van der Waals surface area (Å²) >= 11 is 0. The van der Waals surface area contributed by atoms with Gasteiger partial charge in [-0.05, 0) is 79.0 Å². The molecule has 1 aromatic heterocycles. The van der Waals surface area contributed by atoms with Crippen LogP contribution in [0.25, 0.3) is 0 Å². The summed E-state index contributed by atoms with van der Waals surface area (Å²) in [5.74, 6) is 2.50. The predicted molar refractivity (Wildman–Crippen MR) is 126 cm³/mol. The van der Waals surface area contributed by atoms with E-state index >= 15 is 0 Å². The van der Waals surface area contributed by atoms with E-state index in [-0.39, 0.29) is 5.97 Å². The van der Waals surface area contributed by atoms with Crippen LogP contribution >= 0.6 is 0 Å². The second-order valence-electron chi connectivity index (χ2n) is 8.81. The van der Waals surface area contributed by atoms with Gasteiger partial charge in [-0.15, -0.1) is 0 Å². The number of aromatic nitrogens is 1. The number of hydrogen-bond acceptors (Lipinski definition) is 4. The van der Waals surface area contributed by atoms with Gasteiger partial charge in [-0.3, -0.25) is 0 Å². The molecular weight excluding hydrogens is 372 g/mol. The van der Waals surface area contributed by atoms with Gasteiger partial charge in [0.25, 0.3) is 0 Å². The standard InChI is InChI=1S/C26H38N2O2/c1-9-17(2)10-11-18(3)21(6)23-15-25(27-16-20(23)5)28(7)24-13-12-22(14-19(24)4)26(29)30-8/h12-18,21H,9-11H2,1-8H3. The van der Waals surface area contributed by atoms with Crippen LogP contribution < -0.4 is 4.90 Å². The van der Waals surface area contributed by atoms with Crippen molar-refractivity contribution in [3.63, 3.8) is 0 Å². The smallest absolute Gasteiger partial charge is 0.337 e. The summed E-state index contributed by atoms with van der Waals surface area (Å²) in [7, 11) is 3.43. The van der Waals surface area contributed by atoms with Crippen LogP contribution in [0.4, 0.5) is 11.5 Å². The zero-order valence-corrected chi connectivity index (χ0v) is 20.0. The van der Waals surface area contributed by atoms with E-state index in [0.29, 0.717) is 17.4 Å². The summed E-state index contributed by atoms with van der Waals surface area (Å²) < 4.78 is 4.83. The number of carbonyl (C=O) groups is 1. The lowest BCUT2D eigenvalue weighted by molar-refractivity contribution is 0.0600. The fourth-order valence-electron chi connectivity index (χ4n) is 3.91. The molecule has 0 bridgehead atoms. The highest BCUT2D eigenvalue weighted by molar-refractivity contribution is 5.90. The summed E-state index contributed by atoms with van der Waals surface area (Å²) in [6.45, 7) is 13.5. The largest absolute Gasteiger partial charge is 0.465 e. The molecule has 0 aliphatic carbocycles. The predicted octanol–water partition coefficient (Wildman–Crippen LogP) is 6.82. The number of benzene rings is 1. The first-order valence-electron chi connectivity index (χ1n) is 11.1. The molecule has 0 saturated heterocycles. The van der Waals surface area contributed by atoms with Crippen molar-refractivity contribution in [1.29, 1.82) is 0 Å². The molecule has 3 unspecified atom stereocenters. The number of ether oxygens (including phenoxy) is 1. The van der Waals surface area contributed by atoms with Gasteiger partial charge in [0, 0.05) is 18.9 Å². The van der Waals surface area contributed by atoms with Gasteiger partial charge in [-0.2, -0.15) is 0 Å². The maximum absolute atomic E-state index is 11.8. The Balaban J connectivity index is 2.26. The van der Waals surface area contributed by atoms with Crippen LogP contribution in [0.2, 0.25) is 0 Å². The van der Waals surface area contributed by atoms with Crippen molar-refractivity contribution in [3.05, 3.63) is 52.7 Å². The SMILES string of the molecule is CCC(C)CCC(C)C(C)c1cc(N(C)c2ccc(C(=O)OC)cc2C)ncc1C. The van der Waals surface area contributed by atoms with Gasteiger partial charge in [0.2, 0.25) is 0 Å². The Hall–Kier alpha value is -2.36. The number of anilines is 2. The Kier molecular flexibility index (Phi) is 8.45. The second-order valence-corrected chi connectivity index (χ2v) is 8.81. The molecule has 0 aliphatic rings. The summed E-state index contributed by atoms with van der Waals surface area (Å²) in [6, 6.07) is 7.86. The van der Waals surface area contributed by atoms with Gasteiger partial charge in [0.1, 0.15) is 5.82 Å². The summed E-state index contributed by atoms with van der Waals surface area (Å²) in [5, 5.41) is 0. The molecule has 0 spiro atoms. The van der Waals surface area contributed by atoms with Crippen molar-refractivity contribution in [2.45, 2.75) is 66.7 Å². The van der Waals surface area contributed by atoms with Crippen LogP contribution in [-0.2, 0) is 4.74 Å². The van der Waals surface area contributed by atoms with Crippen molar-refractivity contribution >= 4 is 17.5 Å². The Morgan fingerprint density at radius 3 is 2.40 bits per heavy atom. The highest BCUT2D eigenvalue weighted by Crippen LogP contribution is 2.34. The lowest BCUT2D eigenvalue weighted by Gasteiger charge is -2.26. The molecule has 4 heteroatoms. The molecule has 164 valence electrons. The third-order valence-corrected chi connectivity index (χ3v) is 6.61. The van der Waals surface area contributed by atoms with E-state index in [9.17, 15) is 4.79 Å². The minimum absolute atomic E-state index is 0.316. The molecule has 30 heavy (non-hydrogen) atoms. The highest BCUT2D eigenvalue weighted by Gasteiger charge is 2.19. The fourth-order valence-corrected chi connectivity index (χ4v) is 3.91. The van der Waals surface area contributed by atoms with Crippen molar-refractivity contribution in [3.8, 4) is 0 Å². The van der Waals surface area contributed by atoms with Crippen LogP contribution in [0, 0.1) is 25.7 Å². The van der Waals surface area contributed by atoms with Crippen molar-refractivity contribution in [2.24, 2.45) is 11.8 Å². The van der Waals surface area contributed by atoms with Crippen molar-refractivity contribution in [1.82, 2.24) is 4.98 Å². The zero-order chi connectivity index (χ0) is 22.4. The Bertz CT molecular complexity index is 862. The topological polar surface area (TPSA) is 42.4 Å². The molecule has 0 amide bonds. The van der Waals surface area contributed by atoms with E-state index in [0.717, 1.165) is 23.0 Å². The lowest BCUT2D eigenvalue weighted by atomic mass is 9.83. The molecule has 2 aromatic rings. The molecule has 0 fully saturated rings. The maximum atomic E-state index is 11.8. The van der Waals surface area contributed by atoms with Crippen LogP contribution in [0.5, 0.6) is 0 Å². The average molecular weight is 411 g/mol. The first kappa shape index (κ1) is 23.9. The molecule has 0 saturated carbocycles. The molecule has 2 rings (SSSR count). The third kappa shape index (κ3) is 5.62. The van der Waals surface area contributed by atoms with Crippen LogP contribution in [0.1, 0.15) is 79.9 Å². The number of methoxy groups -OCH3 is 1. The average Bonchev–Trinajstić information content (AvgIpc) is 2.75. The van der Waals surface area contributed by atoms with Gasteiger partial charge in [0.05, 0.1) is 12.7 Å². The van der Waals surface area contributed by atoms with E-state index in [1.807, 2.05) is 32.3 Å². The lowest BCUT2D eigenvalue weighted by Crippen LogP contribution is -2.15. The molecule has 4 nitrogen and oxygen atoms in total. The third-order valence-electron chi connectivity index (χ3n) is 6.61. The molecule has 0 radical (unpaired) electrons. The molecule has 1 heterocycles. The van der Waals surface area contributed by atoms with Crippen LogP contribution in [-0.4, -0.2) is 25.1 Å². The van der Waals surface area contributed by atoms with Crippen molar-refractivity contribution < 1.29 is 9.53 Å². The minimum Gasteiger partial charge on any atom is -0.465 e. The Morgan fingerprint density at radius 2 is 1.80 bits per heavy atom. The number of carbonyl (C=O) groups excluding carboxylic acids is 1. The van der Waals surface area contributed by atoms with E-state index in [1.165, 1.54) is 37.5 Å². The molecule has 3 atom stereocenters. The van der Waals surface area contributed by atoms with Gasteiger partial charge in [-0.1, -0.05) is 40.5 Å². The molecule has 0 aliphatic heterocycles. The summed E-state index contributed by atoms with van der Waals surface area (Å²) in [5.41, 5.74) is 5.22. The van der Waals surface area contributed by atoms with E-state index in [2.05, 4.69) is 45.6 Å². The van der Waals surface area contributed by atoms with Gasteiger partial charge in [0.15, 0.2) is 0 Å². The number of nitrogens with zero attached hydrogens (tertiary/aromatic N) is 2. The summed E-state index contributed by atoms with van der Waals surface area (Å²) in [6.07, 6.45) is 5.76.